The van der Waals surface area contributed by atoms with Gasteiger partial charge in [0.05, 0.1) is 0 Å². The lowest BCUT2D eigenvalue weighted by atomic mass is 10.0. The zero-order chi connectivity index (χ0) is 9.97. The van der Waals surface area contributed by atoms with Gasteiger partial charge in [-0.2, -0.15) is 0 Å². The molecule has 0 radical (unpaired) electrons. The topological polar surface area (TPSA) is 12.5 Å². The van der Waals surface area contributed by atoms with Crippen molar-refractivity contribution in [1.29, 1.82) is 0 Å². The van der Waals surface area contributed by atoms with Gasteiger partial charge in [0.1, 0.15) is 11.9 Å². The number of hydrogen-bond donors (Lipinski definition) is 0. The van der Waals surface area contributed by atoms with Gasteiger partial charge in [-0.15, -0.1) is 0 Å². The number of para-hydroxylation sites is 1. The van der Waals surface area contributed by atoms with Crippen molar-refractivity contribution in [1.82, 2.24) is 4.90 Å². The first-order chi connectivity index (χ1) is 6.75. The predicted molar refractivity (Wildman–Crippen MR) is 57.7 cm³/mol. The average molecular weight is 191 g/mol. The van der Waals surface area contributed by atoms with Gasteiger partial charge in [-0.3, -0.25) is 0 Å². The SMILES string of the molecule is CN(C)C[C@H]1CCc2ccccc2O1. The Bertz CT molecular complexity index is 309. The van der Waals surface area contributed by atoms with Gasteiger partial charge in [0.2, 0.25) is 0 Å². The molecule has 14 heavy (non-hydrogen) atoms. The zero-order valence-electron chi connectivity index (χ0n) is 8.86. The maximum absolute atomic E-state index is 5.90. The number of likely N-dealkylation sites (N-methyl/N-ethyl adjacent to an activating group) is 1. The summed E-state index contributed by atoms with van der Waals surface area (Å²) in [4.78, 5) is 2.18. The van der Waals surface area contributed by atoms with Crippen LogP contribution >= 0.6 is 0 Å². The lowest BCUT2D eigenvalue weighted by molar-refractivity contribution is 0.137. The Morgan fingerprint density at radius 1 is 1.36 bits per heavy atom. The first-order valence-electron chi connectivity index (χ1n) is 5.15. The van der Waals surface area contributed by atoms with E-state index in [2.05, 4.69) is 37.2 Å². The summed E-state index contributed by atoms with van der Waals surface area (Å²) in [7, 11) is 4.17. The molecular weight excluding hydrogens is 174 g/mol. The molecule has 0 unspecified atom stereocenters. The summed E-state index contributed by atoms with van der Waals surface area (Å²) in [6, 6.07) is 8.34. The van der Waals surface area contributed by atoms with Gasteiger partial charge in [-0.05, 0) is 38.6 Å². The highest BCUT2D eigenvalue weighted by atomic mass is 16.5. The van der Waals surface area contributed by atoms with Crippen molar-refractivity contribution in [2.75, 3.05) is 20.6 Å². The molecule has 0 N–H and O–H groups in total. The largest absolute Gasteiger partial charge is 0.489 e. The quantitative estimate of drug-likeness (QED) is 0.708. The van der Waals surface area contributed by atoms with Gasteiger partial charge in [0.15, 0.2) is 0 Å². The molecule has 2 rings (SSSR count). The molecular formula is C12H17NO. The van der Waals surface area contributed by atoms with E-state index in [1.807, 2.05) is 6.07 Å². The van der Waals surface area contributed by atoms with Gasteiger partial charge in [-0.25, -0.2) is 0 Å². The molecule has 0 aliphatic carbocycles. The van der Waals surface area contributed by atoms with Gasteiger partial charge in [0, 0.05) is 6.54 Å². The summed E-state index contributed by atoms with van der Waals surface area (Å²) in [5, 5.41) is 0. The maximum atomic E-state index is 5.90. The van der Waals surface area contributed by atoms with Crippen LogP contribution in [0.5, 0.6) is 5.75 Å². The highest BCUT2D eigenvalue weighted by Gasteiger charge is 2.19. The number of rotatable bonds is 2. The van der Waals surface area contributed by atoms with Gasteiger partial charge < -0.3 is 9.64 Å². The summed E-state index contributed by atoms with van der Waals surface area (Å²) in [6.07, 6.45) is 2.64. The standard InChI is InChI=1S/C12H17NO/c1-13(2)9-11-8-7-10-5-3-4-6-12(10)14-11/h3-6,11H,7-9H2,1-2H3/t11-/m1/s1. The van der Waals surface area contributed by atoms with Gasteiger partial charge >= 0.3 is 0 Å². The van der Waals surface area contributed by atoms with E-state index in [9.17, 15) is 0 Å². The molecule has 0 bridgehead atoms. The lowest BCUT2D eigenvalue weighted by Crippen LogP contribution is -2.33. The second-order valence-corrected chi connectivity index (χ2v) is 4.15. The molecule has 1 aliphatic heterocycles. The fourth-order valence-electron chi connectivity index (χ4n) is 1.92. The van der Waals surface area contributed by atoms with Gasteiger partial charge in [0.25, 0.3) is 0 Å². The van der Waals surface area contributed by atoms with E-state index in [-0.39, 0.29) is 0 Å². The van der Waals surface area contributed by atoms with Crippen LogP contribution in [0.15, 0.2) is 24.3 Å². The van der Waals surface area contributed by atoms with Crippen LogP contribution in [0.3, 0.4) is 0 Å². The fourth-order valence-corrected chi connectivity index (χ4v) is 1.92. The molecule has 1 aromatic rings. The Hall–Kier alpha value is -1.02. The summed E-state index contributed by atoms with van der Waals surface area (Å²) in [5.41, 5.74) is 1.35. The second kappa shape index (κ2) is 4.01. The van der Waals surface area contributed by atoms with E-state index in [4.69, 9.17) is 4.74 Å². The number of nitrogens with zero attached hydrogens (tertiary/aromatic N) is 1. The third-order valence-corrected chi connectivity index (χ3v) is 2.57. The van der Waals surface area contributed by atoms with Crippen LogP contribution in [0.4, 0.5) is 0 Å². The van der Waals surface area contributed by atoms with Crippen molar-refractivity contribution in [2.45, 2.75) is 18.9 Å². The number of fused-ring (bicyclic) bond motifs is 1. The maximum Gasteiger partial charge on any atom is 0.122 e. The molecule has 0 fully saturated rings. The van der Waals surface area contributed by atoms with Crippen molar-refractivity contribution >= 4 is 0 Å². The van der Waals surface area contributed by atoms with Crippen LogP contribution in [-0.4, -0.2) is 31.6 Å². The smallest absolute Gasteiger partial charge is 0.122 e. The zero-order valence-corrected chi connectivity index (χ0v) is 8.86. The Kier molecular flexibility index (Phi) is 2.73. The number of ether oxygens (including phenoxy) is 1. The number of benzene rings is 1. The van der Waals surface area contributed by atoms with Crippen LogP contribution in [0.2, 0.25) is 0 Å². The van der Waals surface area contributed by atoms with Crippen LogP contribution in [0, 0.1) is 0 Å². The minimum absolute atomic E-state index is 0.361. The van der Waals surface area contributed by atoms with E-state index in [0.717, 1.165) is 25.1 Å². The Morgan fingerprint density at radius 2 is 2.14 bits per heavy atom. The molecule has 2 heteroatoms. The van der Waals surface area contributed by atoms with Crippen LogP contribution in [0.25, 0.3) is 0 Å². The van der Waals surface area contributed by atoms with E-state index >= 15 is 0 Å². The lowest BCUT2D eigenvalue weighted by Gasteiger charge is -2.28. The van der Waals surface area contributed by atoms with Crippen LogP contribution in [0.1, 0.15) is 12.0 Å². The first-order valence-corrected chi connectivity index (χ1v) is 5.15. The molecule has 1 heterocycles. The predicted octanol–water partition coefficient (Wildman–Crippen LogP) is 1.94. The highest BCUT2D eigenvalue weighted by molar-refractivity contribution is 5.35. The molecule has 1 aliphatic rings. The van der Waals surface area contributed by atoms with E-state index < -0.39 is 0 Å². The molecule has 0 spiro atoms. The summed E-state index contributed by atoms with van der Waals surface area (Å²) < 4.78 is 5.90. The summed E-state index contributed by atoms with van der Waals surface area (Å²) in [5.74, 6) is 1.07. The Balaban J connectivity index is 2.06. The molecule has 1 atom stereocenters. The highest BCUT2D eigenvalue weighted by Crippen LogP contribution is 2.26. The van der Waals surface area contributed by atoms with Crippen molar-refractivity contribution in [2.24, 2.45) is 0 Å². The van der Waals surface area contributed by atoms with Crippen molar-refractivity contribution < 1.29 is 4.74 Å². The van der Waals surface area contributed by atoms with E-state index in [0.29, 0.717) is 6.10 Å². The molecule has 76 valence electrons. The molecule has 2 nitrogen and oxygen atoms in total. The molecule has 0 aromatic heterocycles. The minimum atomic E-state index is 0.361. The monoisotopic (exact) mass is 191 g/mol. The number of hydrogen-bond acceptors (Lipinski definition) is 2. The first kappa shape index (κ1) is 9.53. The third-order valence-electron chi connectivity index (χ3n) is 2.57. The van der Waals surface area contributed by atoms with Crippen LogP contribution in [-0.2, 0) is 6.42 Å². The second-order valence-electron chi connectivity index (χ2n) is 4.15. The third kappa shape index (κ3) is 2.07. The van der Waals surface area contributed by atoms with E-state index in [1.54, 1.807) is 0 Å². The van der Waals surface area contributed by atoms with Gasteiger partial charge in [-0.1, -0.05) is 18.2 Å². The van der Waals surface area contributed by atoms with E-state index in [1.165, 1.54) is 5.56 Å². The van der Waals surface area contributed by atoms with Crippen LogP contribution < -0.4 is 4.74 Å². The Morgan fingerprint density at radius 3 is 2.93 bits per heavy atom. The normalized spacial score (nSPS) is 20.4. The molecule has 0 amide bonds. The summed E-state index contributed by atoms with van der Waals surface area (Å²) >= 11 is 0. The van der Waals surface area contributed by atoms with Crippen molar-refractivity contribution in [3.05, 3.63) is 29.8 Å². The minimum Gasteiger partial charge on any atom is -0.489 e. The average Bonchev–Trinajstić information content (AvgIpc) is 2.17. The van der Waals surface area contributed by atoms with Crippen molar-refractivity contribution in [3.63, 3.8) is 0 Å². The number of aryl methyl sites for hydroxylation is 1. The molecule has 1 aromatic carbocycles. The molecule has 0 saturated carbocycles. The van der Waals surface area contributed by atoms with Crippen molar-refractivity contribution in [3.8, 4) is 5.75 Å². The fraction of sp³-hybridized carbons (Fsp3) is 0.500. The Labute approximate surface area is 85.5 Å². The molecule has 0 saturated heterocycles. The summed E-state index contributed by atoms with van der Waals surface area (Å²) in [6.45, 7) is 1.01.